The predicted octanol–water partition coefficient (Wildman–Crippen LogP) is 4.56. The highest BCUT2D eigenvalue weighted by Gasteiger charge is 2.16. The Morgan fingerprint density at radius 1 is 1.16 bits per heavy atom. The van der Waals surface area contributed by atoms with Crippen molar-refractivity contribution in [1.82, 2.24) is 19.8 Å². The van der Waals surface area contributed by atoms with Crippen LogP contribution in [0.15, 0.2) is 71.4 Å². The number of rotatable bonds is 7. The van der Waals surface area contributed by atoms with E-state index in [0.29, 0.717) is 23.1 Å². The van der Waals surface area contributed by atoms with Gasteiger partial charge >= 0.3 is 0 Å². The predicted molar refractivity (Wildman–Crippen MR) is 120 cm³/mol. The van der Waals surface area contributed by atoms with Gasteiger partial charge in [-0.15, -0.1) is 0 Å². The van der Waals surface area contributed by atoms with Gasteiger partial charge in [-0.05, 0) is 38.2 Å². The molecule has 0 aliphatic rings. The van der Waals surface area contributed by atoms with Crippen LogP contribution in [-0.4, -0.2) is 39.3 Å². The summed E-state index contributed by atoms with van der Waals surface area (Å²) in [6.45, 7) is 2.51. The Kier molecular flexibility index (Phi) is 6.16. The molecule has 0 saturated heterocycles. The lowest BCUT2D eigenvalue weighted by atomic mass is 10.1. The normalized spacial score (nSPS) is 11.1. The van der Waals surface area contributed by atoms with Crippen molar-refractivity contribution >= 4 is 23.3 Å². The van der Waals surface area contributed by atoms with E-state index in [1.807, 2.05) is 77.4 Å². The van der Waals surface area contributed by atoms with Gasteiger partial charge in [-0.1, -0.05) is 47.1 Å². The molecule has 2 heterocycles. The fourth-order valence-corrected chi connectivity index (χ4v) is 3.41. The van der Waals surface area contributed by atoms with Gasteiger partial charge in [0, 0.05) is 35.0 Å². The first-order chi connectivity index (χ1) is 15.0. The molecule has 1 amide bonds. The number of anilines is 1. The average Bonchev–Trinajstić information content (AvgIpc) is 3.35. The zero-order valence-electron chi connectivity index (χ0n) is 17.2. The average molecular weight is 436 g/mol. The number of carbonyl (C=O) groups is 1. The summed E-state index contributed by atoms with van der Waals surface area (Å²) in [5, 5.41) is 12.0. The second kappa shape index (κ2) is 9.16. The van der Waals surface area contributed by atoms with Crippen LogP contribution >= 0.6 is 11.6 Å². The topological polar surface area (TPSA) is 76.2 Å². The maximum absolute atomic E-state index is 12.4. The van der Waals surface area contributed by atoms with Crippen LogP contribution in [0.5, 0.6) is 0 Å². The molecule has 0 aliphatic carbocycles. The monoisotopic (exact) mass is 435 g/mol. The summed E-state index contributed by atoms with van der Waals surface area (Å²) >= 11 is 6.06. The van der Waals surface area contributed by atoms with E-state index in [2.05, 4.69) is 10.5 Å². The summed E-state index contributed by atoms with van der Waals surface area (Å²) in [6.07, 6.45) is 1.99. The lowest BCUT2D eigenvalue weighted by molar-refractivity contribution is -0.117. The highest BCUT2D eigenvalue weighted by atomic mass is 35.5. The molecule has 0 atom stereocenters. The first kappa shape index (κ1) is 20.8. The number of nitrogens with one attached hydrogen (secondary N) is 1. The molecule has 4 aromatic rings. The molecule has 31 heavy (non-hydrogen) atoms. The molecule has 2 aromatic carbocycles. The highest BCUT2D eigenvalue weighted by Crippen LogP contribution is 2.26. The minimum atomic E-state index is -0.167. The van der Waals surface area contributed by atoms with E-state index in [9.17, 15) is 4.79 Å². The highest BCUT2D eigenvalue weighted by molar-refractivity contribution is 6.30. The molecule has 2 aromatic heterocycles. The van der Waals surface area contributed by atoms with Crippen LogP contribution in [0.4, 0.5) is 5.82 Å². The molecule has 0 fully saturated rings. The SMILES string of the molecule is Cc1cc(NC(=O)CN(C)Cc2cn(-c3ccccc3)nc2-c2ccc(Cl)cc2)no1. The minimum absolute atomic E-state index is 0.167. The summed E-state index contributed by atoms with van der Waals surface area (Å²) < 4.78 is 6.84. The zero-order chi connectivity index (χ0) is 21.8. The lowest BCUT2D eigenvalue weighted by Crippen LogP contribution is -2.30. The molecule has 4 rings (SSSR count). The second-order valence-corrected chi connectivity index (χ2v) is 7.77. The van der Waals surface area contributed by atoms with E-state index in [0.717, 1.165) is 22.5 Å². The summed E-state index contributed by atoms with van der Waals surface area (Å²) in [7, 11) is 1.89. The van der Waals surface area contributed by atoms with Crippen LogP contribution in [0.1, 0.15) is 11.3 Å². The van der Waals surface area contributed by atoms with Crippen LogP contribution in [0.3, 0.4) is 0 Å². The van der Waals surface area contributed by atoms with E-state index in [1.165, 1.54) is 0 Å². The van der Waals surface area contributed by atoms with Crippen LogP contribution in [0.2, 0.25) is 5.02 Å². The van der Waals surface area contributed by atoms with E-state index in [4.69, 9.17) is 21.2 Å². The summed E-state index contributed by atoms with van der Waals surface area (Å²) in [5.74, 6) is 0.888. The number of hydrogen-bond donors (Lipinski definition) is 1. The van der Waals surface area contributed by atoms with Crippen molar-refractivity contribution in [3.05, 3.63) is 83.2 Å². The Bertz CT molecular complexity index is 1170. The molecule has 0 aliphatic heterocycles. The van der Waals surface area contributed by atoms with Gasteiger partial charge < -0.3 is 9.84 Å². The number of amides is 1. The van der Waals surface area contributed by atoms with Crippen molar-refractivity contribution in [2.75, 3.05) is 18.9 Å². The van der Waals surface area contributed by atoms with Crippen molar-refractivity contribution in [3.63, 3.8) is 0 Å². The van der Waals surface area contributed by atoms with E-state index < -0.39 is 0 Å². The Morgan fingerprint density at radius 2 is 1.90 bits per heavy atom. The molecule has 0 bridgehead atoms. The summed E-state index contributed by atoms with van der Waals surface area (Å²) in [4.78, 5) is 14.3. The standard InChI is InChI=1S/C23H22ClN5O2/c1-16-12-21(27-31-16)25-22(30)15-28(2)13-18-14-29(20-6-4-3-5-7-20)26-23(18)17-8-10-19(24)11-9-17/h3-12,14H,13,15H2,1-2H3,(H,25,27,30). The van der Waals surface area contributed by atoms with Crippen LogP contribution < -0.4 is 5.32 Å². The number of benzene rings is 2. The van der Waals surface area contributed by atoms with Gasteiger partial charge in [0.05, 0.1) is 17.9 Å². The van der Waals surface area contributed by atoms with Gasteiger partial charge in [-0.2, -0.15) is 5.10 Å². The van der Waals surface area contributed by atoms with Crippen molar-refractivity contribution in [2.45, 2.75) is 13.5 Å². The van der Waals surface area contributed by atoms with Gasteiger partial charge in [0.25, 0.3) is 0 Å². The Balaban J connectivity index is 1.55. The molecule has 0 radical (unpaired) electrons. The minimum Gasteiger partial charge on any atom is -0.360 e. The molecule has 0 saturated carbocycles. The fraction of sp³-hybridized carbons (Fsp3) is 0.174. The van der Waals surface area contributed by atoms with Gasteiger partial charge in [-0.25, -0.2) is 4.68 Å². The Morgan fingerprint density at radius 3 is 2.58 bits per heavy atom. The number of aryl methyl sites for hydroxylation is 1. The smallest absolute Gasteiger partial charge is 0.239 e. The van der Waals surface area contributed by atoms with Gasteiger partial charge in [-0.3, -0.25) is 9.69 Å². The van der Waals surface area contributed by atoms with Gasteiger partial charge in [0.1, 0.15) is 5.76 Å². The van der Waals surface area contributed by atoms with E-state index >= 15 is 0 Å². The largest absolute Gasteiger partial charge is 0.360 e. The van der Waals surface area contributed by atoms with Crippen molar-refractivity contribution < 1.29 is 9.32 Å². The number of aromatic nitrogens is 3. The zero-order valence-corrected chi connectivity index (χ0v) is 18.0. The molecular formula is C23H22ClN5O2. The maximum Gasteiger partial charge on any atom is 0.239 e. The number of para-hydroxylation sites is 1. The third-order valence-electron chi connectivity index (χ3n) is 4.68. The fourth-order valence-electron chi connectivity index (χ4n) is 3.29. The lowest BCUT2D eigenvalue weighted by Gasteiger charge is -2.15. The van der Waals surface area contributed by atoms with Crippen LogP contribution in [0, 0.1) is 6.92 Å². The summed E-state index contributed by atoms with van der Waals surface area (Å²) in [6, 6.07) is 19.2. The van der Waals surface area contributed by atoms with Crippen molar-refractivity contribution in [1.29, 1.82) is 0 Å². The van der Waals surface area contributed by atoms with Gasteiger partial charge in [0.15, 0.2) is 5.82 Å². The Hall–Kier alpha value is -3.42. The number of nitrogens with zero attached hydrogens (tertiary/aromatic N) is 4. The van der Waals surface area contributed by atoms with Crippen LogP contribution in [0.25, 0.3) is 16.9 Å². The third-order valence-corrected chi connectivity index (χ3v) is 4.93. The quantitative estimate of drug-likeness (QED) is 0.460. The first-order valence-corrected chi connectivity index (χ1v) is 10.2. The molecule has 7 nitrogen and oxygen atoms in total. The van der Waals surface area contributed by atoms with Crippen molar-refractivity contribution in [2.24, 2.45) is 0 Å². The number of carbonyl (C=O) groups excluding carboxylic acids is 1. The molecular weight excluding hydrogens is 414 g/mol. The number of likely N-dealkylation sites (N-methyl/N-ethyl adjacent to an activating group) is 1. The maximum atomic E-state index is 12.4. The van der Waals surface area contributed by atoms with E-state index in [-0.39, 0.29) is 12.5 Å². The third kappa shape index (κ3) is 5.20. The second-order valence-electron chi connectivity index (χ2n) is 7.33. The molecule has 8 heteroatoms. The Labute approximate surface area is 185 Å². The van der Waals surface area contributed by atoms with Gasteiger partial charge in [0.2, 0.25) is 5.91 Å². The molecule has 158 valence electrons. The van der Waals surface area contributed by atoms with Crippen LogP contribution in [-0.2, 0) is 11.3 Å². The number of halogens is 1. The van der Waals surface area contributed by atoms with Crippen molar-refractivity contribution in [3.8, 4) is 16.9 Å². The molecule has 1 N–H and O–H groups in total. The summed E-state index contributed by atoms with van der Waals surface area (Å²) in [5.41, 5.74) is 3.77. The molecule has 0 unspecified atom stereocenters. The van der Waals surface area contributed by atoms with E-state index in [1.54, 1.807) is 13.0 Å². The number of hydrogen-bond acceptors (Lipinski definition) is 5. The molecule has 0 spiro atoms. The first-order valence-electron chi connectivity index (χ1n) is 9.79.